The Kier molecular flexibility index (Phi) is 4.65. The molecule has 0 unspecified atom stereocenters. The molecule has 3 aliphatic rings. The van der Waals surface area contributed by atoms with Crippen LogP contribution >= 0.6 is 0 Å². The van der Waals surface area contributed by atoms with Crippen molar-refractivity contribution in [2.45, 2.75) is 51.6 Å². The molecule has 3 heterocycles. The van der Waals surface area contributed by atoms with E-state index in [0.717, 1.165) is 52.1 Å². The molecule has 0 aliphatic carbocycles. The van der Waals surface area contributed by atoms with Gasteiger partial charge < -0.3 is 15.0 Å². The van der Waals surface area contributed by atoms with Crippen LogP contribution in [0.3, 0.4) is 0 Å². The van der Waals surface area contributed by atoms with Crippen LogP contribution in [0.15, 0.2) is 0 Å². The second-order valence-corrected chi connectivity index (χ2v) is 7.73. The molecular weight excluding hydrogens is 294 g/mol. The summed E-state index contributed by atoms with van der Waals surface area (Å²) in [5, 5.41) is 2.98. The highest BCUT2D eigenvalue weighted by molar-refractivity contribution is 6.07. The van der Waals surface area contributed by atoms with Crippen LogP contribution in [0.1, 0.15) is 40.0 Å². The number of likely N-dealkylation sites (tertiary alicyclic amines) is 1. The maximum Gasteiger partial charge on any atom is 0.325 e. The zero-order valence-corrected chi connectivity index (χ0v) is 14.5. The van der Waals surface area contributed by atoms with Gasteiger partial charge in [-0.1, -0.05) is 0 Å². The van der Waals surface area contributed by atoms with Crippen molar-refractivity contribution in [3.05, 3.63) is 0 Å². The monoisotopic (exact) mass is 323 g/mol. The lowest BCUT2D eigenvalue weighted by Gasteiger charge is -2.40. The van der Waals surface area contributed by atoms with Crippen molar-refractivity contribution in [3.63, 3.8) is 0 Å². The number of urea groups is 1. The molecule has 6 heteroatoms. The SMILES string of the molecule is CC(C)N1C(=O)N[C@](C)([C@@H]2CCCN(C[C@H]3CCOC3)C2)C1=O. The quantitative estimate of drug-likeness (QED) is 0.796. The molecule has 3 atom stereocenters. The largest absolute Gasteiger partial charge is 0.381 e. The van der Waals surface area contributed by atoms with Gasteiger partial charge in [-0.3, -0.25) is 9.69 Å². The van der Waals surface area contributed by atoms with E-state index in [1.165, 1.54) is 4.90 Å². The first kappa shape index (κ1) is 16.7. The molecule has 0 aromatic rings. The molecule has 3 saturated heterocycles. The molecule has 130 valence electrons. The first-order valence-electron chi connectivity index (χ1n) is 8.87. The number of nitrogens with zero attached hydrogens (tertiary/aromatic N) is 2. The van der Waals surface area contributed by atoms with E-state index in [-0.39, 0.29) is 23.9 Å². The van der Waals surface area contributed by atoms with Gasteiger partial charge in [0.25, 0.3) is 5.91 Å². The van der Waals surface area contributed by atoms with Crippen LogP contribution in [-0.4, -0.2) is 66.2 Å². The average molecular weight is 323 g/mol. The van der Waals surface area contributed by atoms with Crippen LogP contribution in [0.5, 0.6) is 0 Å². The van der Waals surface area contributed by atoms with Crippen molar-refractivity contribution in [3.8, 4) is 0 Å². The van der Waals surface area contributed by atoms with Crippen molar-refractivity contribution in [2.24, 2.45) is 11.8 Å². The van der Waals surface area contributed by atoms with E-state index in [1.807, 2.05) is 20.8 Å². The lowest BCUT2D eigenvalue weighted by atomic mass is 9.79. The summed E-state index contributed by atoms with van der Waals surface area (Å²) in [6, 6.07) is -0.339. The second-order valence-electron chi connectivity index (χ2n) is 7.73. The minimum absolute atomic E-state index is 0.0615. The van der Waals surface area contributed by atoms with Gasteiger partial charge in [0.1, 0.15) is 5.54 Å². The van der Waals surface area contributed by atoms with Gasteiger partial charge >= 0.3 is 6.03 Å². The van der Waals surface area contributed by atoms with E-state index in [4.69, 9.17) is 4.74 Å². The molecule has 0 aromatic heterocycles. The van der Waals surface area contributed by atoms with Crippen LogP contribution in [-0.2, 0) is 9.53 Å². The Morgan fingerprint density at radius 3 is 2.74 bits per heavy atom. The smallest absolute Gasteiger partial charge is 0.325 e. The van der Waals surface area contributed by atoms with Gasteiger partial charge in [-0.2, -0.15) is 0 Å². The van der Waals surface area contributed by atoms with Gasteiger partial charge in [0, 0.05) is 31.7 Å². The molecule has 0 bridgehead atoms. The molecule has 3 amide bonds. The third-order valence-electron chi connectivity index (χ3n) is 5.63. The number of carbonyl (C=O) groups excluding carboxylic acids is 2. The first-order valence-corrected chi connectivity index (χ1v) is 8.87. The Labute approximate surface area is 138 Å². The number of hydrogen-bond acceptors (Lipinski definition) is 4. The van der Waals surface area contributed by atoms with Gasteiger partial charge in [-0.25, -0.2) is 4.79 Å². The number of carbonyl (C=O) groups is 2. The normalized spacial score (nSPS) is 36.1. The molecule has 1 N–H and O–H groups in total. The summed E-state index contributed by atoms with van der Waals surface area (Å²) in [4.78, 5) is 28.9. The van der Waals surface area contributed by atoms with Gasteiger partial charge in [0.05, 0.1) is 6.61 Å². The van der Waals surface area contributed by atoms with E-state index in [1.54, 1.807) is 0 Å². The zero-order valence-electron chi connectivity index (χ0n) is 14.5. The van der Waals surface area contributed by atoms with Crippen molar-refractivity contribution < 1.29 is 14.3 Å². The fourth-order valence-electron chi connectivity index (χ4n) is 4.21. The predicted molar refractivity (Wildman–Crippen MR) is 87.0 cm³/mol. The maximum atomic E-state index is 12.8. The van der Waals surface area contributed by atoms with E-state index >= 15 is 0 Å². The molecule has 0 saturated carbocycles. The van der Waals surface area contributed by atoms with Gasteiger partial charge in [0.15, 0.2) is 0 Å². The first-order chi connectivity index (χ1) is 10.9. The maximum absolute atomic E-state index is 12.8. The molecule has 23 heavy (non-hydrogen) atoms. The minimum Gasteiger partial charge on any atom is -0.381 e. The number of nitrogens with one attached hydrogen (secondary N) is 1. The van der Waals surface area contributed by atoms with Crippen LogP contribution < -0.4 is 5.32 Å². The Balaban J connectivity index is 1.67. The molecule has 0 spiro atoms. The Morgan fingerprint density at radius 2 is 2.13 bits per heavy atom. The Morgan fingerprint density at radius 1 is 1.35 bits per heavy atom. The summed E-state index contributed by atoms with van der Waals surface area (Å²) in [5.74, 6) is 0.731. The summed E-state index contributed by atoms with van der Waals surface area (Å²) in [6.45, 7) is 10.4. The molecule has 6 nitrogen and oxygen atoms in total. The van der Waals surface area contributed by atoms with E-state index < -0.39 is 5.54 Å². The number of rotatable bonds is 4. The summed E-state index contributed by atoms with van der Waals surface area (Å²) in [5.41, 5.74) is -0.758. The summed E-state index contributed by atoms with van der Waals surface area (Å²) >= 11 is 0. The highest BCUT2D eigenvalue weighted by Crippen LogP contribution is 2.33. The van der Waals surface area contributed by atoms with Crippen LogP contribution in [0.25, 0.3) is 0 Å². The van der Waals surface area contributed by atoms with Crippen molar-refractivity contribution in [2.75, 3.05) is 32.8 Å². The van der Waals surface area contributed by atoms with Crippen molar-refractivity contribution >= 4 is 11.9 Å². The third kappa shape index (κ3) is 3.11. The Hall–Kier alpha value is -1.14. The lowest BCUT2D eigenvalue weighted by molar-refractivity contribution is -0.134. The van der Waals surface area contributed by atoms with Crippen LogP contribution in [0.4, 0.5) is 4.79 Å². The number of imide groups is 1. The van der Waals surface area contributed by atoms with E-state index in [9.17, 15) is 9.59 Å². The highest BCUT2D eigenvalue weighted by atomic mass is 16.5. The summed E-state index contributed by atoms with van der Waals surface area (Å²) < 4.78 is 5.47. The topological polar surface area (TPSA) is 61.9 Å². The molecule has 3 rings (SSSR count). The molecule has 0 radical (unpaired) electrons. The van der Waals surface area contributed by atoms with Gasteiger partial charge in [0.2, 0.25) is 0 Å². The predicted octanol–water partition coefficient (Wildman–Crippen LogP) is 1.45. The number of hydrogen-bond donors (Lipinski definition) is 1. The number of piperidine rings is 1. The second kappa shape index (κ2) is 6.40. The molecule has 3 aliphatic heterocycles. The summed E-state index contributed by atoms with van der Waals surface area (Å²) in [7, 11) is 0. The summed E-state index contributed by atoms with van der Waals surface area (Å²) in [6.07, 6.45) is 3.21. The van der Waals surface area contributed by atoms with Crippen molar-refractivity contribution in [1.29, 1.82) is 0 Å². The minimum atomic E-state index is -0.758. The average Bonchev–Trinajstić information content (AvgIpc) is 3.07. The number of amides is 3. The zero-order chi connectivity index (χ0) is 16.6. The van der Waals surface area contributed by atoms with Gasteiger partial charge in [-0.05, 0) is 52.5 Å². The van der Waals surface area contributed by atoms with Crippen LogP contribution in [0, 0.1) is 11.8 Å². The fourth-order valence-corrected chi connectivity index (χ4v) is 4.21. The van der Waals surface area contributed by atoms with Gasteiger partial charge in [-0.15, -0.1) is 0 Å². The van der Waals surface area contributed by atoms with E-state index in [0.29, 0.717) is 5.92 Å². The van der Waals surface area contributed by atoms with E-state index in [2.05, 4.69) is 10.2 Å². The third-order valence-corrected chi connectivity index (χ3v) is 5.63. The molecular formula is C17H29N3O3. The lowest BCUT2D eigenvalue weighted by Crippen LogP contribution is -2.56. The Bertz CT molecular complexity index is 476. The van der Waals surface area contributed by atoms with Crippen LogP contribution in [0.2, 0.25) is 0 Å². The fraction of sp³-hybridized carbons (Fsp3) is 0.882. The van der Waals surface area contributed by atoms with Crippen molar-refractivity contribution in [1.82, 2.24) is 15.1 Å². The molecule has 0 aromatic carbocycles. The number of ether oxygens (including phenoxy) is 1. The molecule has 3 fully saturated rings. The highest BCUT2D eigenvalue weighted by Gasteiger charge is 2.53. The standard InChI is InChI=1S/C17H29N3O3/c1-12(2)20-15(21)17(3,18-16(20)22)14-5-4-7-19(10-14)9-13-6-8-23-11-13/h12-14H,4-11H2,1-3H3,(H,18,22)/t13-,14-,17-/m1/s1.